The van der Waals surface area contributed by atoms with Crippen LogP contribution >= 0.6 is 12.4 Å². The van der Waals surface area contributed by atoms with Crippen LogP contribution in [0.5, 0.6) is 0 Å². The summed E-state index contributed by atoms with van der Waals surface area (Å²) in [6.45, 7) is 4.24. The Morgan fingerprint density at radius 3 is 2.07 bits per heavy atom. The topological polar surface area (TPSA) is 37.3 Å². The molecule has 2 nitrogen and oxygen atoms in total. The van der Waals surface area contributed by atoms with Crippen LogP contribution < -0.4 is 0 Å². The Bertz CT molecular complexity index is 149. The van der Waals surface area contributed by atoms with Crippen molar-refractivity contribution >= 4 is 18.4 Å². The van der Waals surface area contributed by atoms with Gasteiger partial charge in [-0.2, -0.15) is 0 Å². The molecule has 0 aromatic heterocycles. The van der Waals surface area contributed by atoms with Crippen molar-refractivity contribution in [3.63, 3.8) is 0 Å². The van der Waals surface area contributed by atoms with Gasteiger partial charge in [0.05, 0.1) is 5.92 Å². The molecule has 0 spiro atoms. The van der Waals surface area contributed by atoms with Gasteiger partial charge in [-0.25, -0.2) is 0 Å². The SMILES string of the molecule is CCCCCCCC(CCC)C(=O)O.Cl. The predicted molar refractivity (Wildman–Crippen MR) is 66.7 cm³/mol. The maximum absolute atomic E-state index is 10.8. The van der Waals surface area contributed by atoms with Crippen LogP contribution in [0, 0.1) is 5.92 Å². The van der Waals surface area contributed by atoms with E-state index in [-0.39, 0.29) is 18.3 Å². The molecule has 1 unspecified atom stereocenters. The van der Waals surface area contributed by atoms with Gasteiger partial charge in [0.15, 0.2) is 0 Å². The van der Waals surface area contributed by atoms with Crippen molar-refractivity contribution in [2.24, 2.45) is 5.92 Å². The Morgan fingerprint density at radius 1 is 1.00 bits per heavy atom. The van der Waals surface area contributed by atoms with E-state index >= 15 is 0 Å². The summed E-state index contributed by atoms with van der Waals surface area (Å²) in [7, 11) is 0. The summed E-state index contributed by atoms with van der Waals surface area (Å²) in [6, 6.07) is 0. The van der Waals surface area contributed by atoms with Crippen LogP contribution in [0.2, 0.25) is 0 Å². The molecule has 0 amide bonds. The predicted octanol–water partition coefficient (Wildman–Crippen LogP) is 4.27. The molecule has 1 N–H and O–H groups in total. The summed E-state index contributed by atoms with van der Waals surface area (Å²) in [6.07, 6.45) is 8.75. The van der Waals surface area contributed by atoms with Crippen molar-refractivity contribution in [3.05, 3.63) is 0 Å². The molecule has 0 saturated carbocycles. The number of carboxylic acids is 1. The van der Waals surface area contributed by atoms with Crippen LogP contribution in [0.3, 0.4) is 0 Å². The Labute approximate surface area is 99.9 Å². The number of aliphatic carboxylic acids is 1. The molecule has 0 aliphatic carbocycles. The Morgan fingerprint density at radius 2 is 1.60 bits per heavy atom. The van der Waals surface area contributed by atoms with Crippen molar-refractivity contribution in [2.75, 3.05) is 0 Å². The van der Waals surface area contributed by atoms with Crippen LogP contribution in [0.4, 0.5) is 0 Å². The van der Waals surface area contributed by atoms with Crippen LogP contribution in [0.25, 0.3) is 0 Å². The highest BCUT2D eigenvalue weighted by Gasteiger charge is 2.14. The van der Waals surface area contributed by atoms with E-state index in [0.29, 0.717) is 0 Å². The second-order valence-corrected chi connectivity index (χ2v) is 4.03. The number of hydrogen-bond acceptors (Lipinski definition) is 1. The highest BCUT2D eigenvalue weighted by Crippen LogP contribution is 2.16. The van der Waals surface area contributed by atoms with Gasteiger partial charge in [-0.3, -0.25) is 4.79 Å². The minimum absolute atomic E-state index is 0. The number of carboxylic acid groups (broad SMARTS) is 1. The second-order valence-electron chi connectivity index (χ2n) is 4.03. The molecule has 0 aromatic carbocycles. The summed E-state index contributed by atoms with van der Waals surface area (Å²) in [5.41, 5.74) is 0. The third-order valence-electron chi connectivity index (χ3n) is 2.64. The van der Waals surface area contributed by atoms with Crippen LogP contribution in [0.15, 0.2) is 0 Å². The smallest absolute Gasteiger partial charge is 0.306 e. The summed E-state index contributed by atoms with van der Waals surface area (Å²) >= 11 is 0. The second kappa shape index (κ2) is 11.8. The normalized spacial score (nSPS) is 11.9. The van der Waals surface area contributed by atoms with Gasteiger partial charge in [0.2, 0.25) is 0 Å². The molecule has 0 saturated heterocycles. The van der Waals surface area contributed by atoms with E-state index in [0.717, 1.165) is 25.7 Å². The molecule has 3 heteroatoms. The van der Waals surface area contributed by atoms with E-state index in [2.05, 4.69) is 6.92 Å². The largest absolute Gasteiger partial charge is 0.481 e. The highest BCUT2D eigenvalue weighted by atomic mass is 35.5. The molecular formula is C12H25ClO2. The fourth-order valence-electron chi connectivity index (χ4n) is 1.73. The minimum atomic E-state index is -0.609. The maximum Gasteiger partial charge on any atom is 0.306 e. The van der Waals surface area contributed by atoms with Gasteiger partial charge in [-0.15, -0.1) is 12.4 Å². The summed E-state index contributed by atoms with van der Waals surface area (Å²) in [5.74, 6) is -0.705. The van der Waals surface area contributed by atoms with E-state index < -0.39 is 5.97 Å². The lowest BCUT2D eigenvalue weighted by Gasteiger charge is -2.10. The van der Waals surface area contributed by atoms with Gasteiger partial charge in [-0.05, 0) is 12.8 Å². The van der Waals surface area contributed by atoms with Gasteiger partial charge in [0.25, 0.3) is 0 Å². The summed E-state index contributed by atoms with van der Waals surface area (Å²) in [5, 5.41) is 8.91. The van der Waals surface area contributed by atoms with Crippen molar-refractivity contribution in [1.29, 1.82) is 0 Å². The summed E-state index contributed by atoms with van der Waals surface area (Å²) < 4.78 is 0. The van der Waals surface area contributed by atoms with E-state index in [9.17, 15) is 4.79 Å². The third kappa shape index (κ3) is 10.1. The lowest BCUT2D eigenvalue weighted by atomic mass is 9.96. The van der Waals surface area contributed by atoms with Crippen LogP contribution in [0.1, 0.15) is 65.2 Å². The Hall–Kier alpha value is -0.240. The number of halogens is 1. The van der Waals surface area contributed by atoms with Gasteiger partial charge in [0.1, 0.15) is 0 Å². The average molecular weight is 237 g/mol. The quantitative estimate of drug-likeness (QED) is 0.607. The fraction of sp³-hybridized carbons (Fsp3) is 0.917. The standard InChI is InChI=1S/C12H24O2.ClH/c1-3-5-6-7-8-10-11(9-4-2)12(13)14;/h11H,3-10H2,1-2H3,(H,13,14);1H. The van der Waals surface area contributed by atoms with Gasteiger partial charge in [0, 0.05) is 0 Å². The maximum atomic E-state index is 10.8. The minimum Gasteiger partial charge on any atom is -0.481 e. The molecule has 0 aromatic rings. The van der Waals surface area contributed by atoms with E-state index in [4.69, 9.17) is 5.11 Å². The van der Waals surface area contributed by atoms with E-state index in [1.54, 1.807) is 0 Å². The molecule has 0 bridgehead atoms. The highest BCUT2D eigenvalue weighted by molar-refractivity contribution is 5.85. The lowest BCUT2D eigenvalue weighted by Crippen LogP contribution is -2.13. The fourth-order valence-corrected chi connectivity index (χ4v) is 1.73. The molecular weight excluding hydrogens is 212 g/mol. The van der Waals surface area contributed by atoms with Crippen molar-refractivity contribution < 1.29 is 9.90 Å². The lowest BCUT2D eigenvalue weighted by molar-refractivity contribution is -0.142. The number of unbranched alkanes of at least 4 members (excludes halogenated alkanes) is 4. The molecule has 0 heterocycles. The van der Waals surface area contributed by atoms with E-state index in [1.807, 2.05) is 6.92 Å². The zero-order valence-corrected chi connectivity index (χ0v) is 10.8. The molecule has 0 aliphatic heterocycles. The number of rotatable bonds is 9. The molecule has 0 rings (SSSR count). The first kappa shape index (κ1) is 17.2. The third-order valence-corrected chi connectivity index (χ3v) is 2.64. The van der Waals surface area contributed by atoms with Crippen LogP contribution in [-0.4, -0.2) is 11.1 Å². The molecule has 0 aliphatic rings. The number of carbonyl (C=O) groups is 1. The average Bonchev–Trinajstić information content (AvgIpc) is 2.15. The van der Waals surface area contributed by atoms with Crippen molar-refractivity contribution in [2.45, 2.75) is 65.2 Å². The first-order valence-electron chi connectivity index (χ1n) is 5.95. The molecule has 15 heavy (non-hydrogen) atoms. The first-order chi connectivity index (χ1) is 6.72. The first-order valence-corrected chi connectivity index (χ1v) is 5.95. The van der Waals surface area contributed by atoms with Gasteiger partial charge < -0.3 is 5.11 Å². The van der Waals surface area contributed by atoms with Crippen LogP contribution in [-0.2, 0) is 4.79 Å². The van der Waals surface area contributed by atoms with Crippen molar-refractivity contribution in [1.82, 2.24) is 0 Å². The molecule has 0 radical (unpaired) electrons. The van der Waals surface area contributed by atoms with Gasteiger partial charge >= 0.3 is 5.97 Å². The summed E-state index contributed by atoms with van der Waals surface area (Å²) in [4.78, 5) is 10.8. The Balaban J connectivity index is 0. The molecule has 1 atom stereocenters. The Kier molecular flexibility index (Phi) is 13.5. The van der Waals surface area contributed by atoms with E-state index in [1.165, 1.54) is 25.7 Å². The van der Waals surface area contributed by atoms with Gasteiger partial charge in [-0.1, -0.05) is 52.4 Å². The molecule has 92 valence electrons. The zero-order valence-electron chi connectivity index (χ0n) is 10.00. The zero-order chi connectivity index (χ0) is 10.8. The molecule has 0 fully saturated rings. The number of hydrogen-bond donors (Lipinski definition) is 1. The van der Waals surface area contributed by atoms with Crippen molar-refractivity contribution in [3.8, 4) is 0 Å². The monoisotopic (exact) mass is 236 g/mol.